The largest absolute Gasteiger partial charge is 0.399 e. The number of aryl methyl sites for hydroxylation is 1. The molecule has 0 unspecified atom stereocenters. The first-order valence-electron chi connectivity index (χ1n) is 5.70. The van der Waals surface area contributed by atoms with E-state index in [2.05, 4.69) is 6.07 Å². The zero-order chi connectivity index (χ0) is 12.8. The van der Waals surface area contributed by atoms with Crippen molar-refractivity contribution in [2.75, 3.05) is 25.6 Å². The molecule has 0 aromatic heterocycles. The van der Waals surface area contributed by atoms with Crippen LogP contribution in [0.25, 0.3) is 0 Å². The number of hydrogen-bond acceptors (Lipinski definition) is 3. The molecule has 0 bridgehead atoms. The van der Waals surface area contributed by atoms with Crippen LogP contribution in [0.5, 0.6) is 0 Å². The molecule has 0 heterocycles. The number of hydrogen-bond donors (Lipinski definition) is 1. The van der Waals surface area contributed by atoms with Crippen LogP contribution in [0.1, 0.15) is 18.4 Å². The van der Waals surface area contributed by atoms with Crippen LogP contribution in [0.2, 0.25) is 0 Å². The van der Waals surface area contributed by atoms with E-state index in [-0.39, 0.29) is 5.91 Å². The molecule has 1 amide bonds. The van der Waals surface area contributed by atoms with Crippen molar-refractivity contribution in [3.8, 4) is 0 Å². The number of anilines is 1. The standard InChI is InChI=1S/C13H20N2OS/c1-10-9-11(6-7-12(10)14)17-8-4-5-13(16)15(2)3/h6-7,9H,4-5,8,14H2,1-3H3. The minimum absolute atomic E-state index is 0.194. The number of amides is 1. The van der Waals surface area contributed by atoms with Crippen LogP contribution in [0.15, 0.2) is 23.1 Å². The van der Waals surface area contributed by atoms with Crippen molar-refractivity contribution in [1.29, 1.82) is 0 Å². The van der Waals surface area contributed by atoms with Gasteiger partial charge in [-0.25, -0.2) is 0 Å². The van der Waals surface area contributed by atoms with Gasteiger partial charge in [0.1, 0.15) is 0 Å². The van der Waals surface area contributed by atoms with E-state index in [9.17, 15) is 4.79 Å². The predicted molar refractivity (Wildman–Crippen MR) is 74.2 cm³/mol. The fraction of sp³-hybridized carbons (Fsp3) is 0.462. The second-order valence-electron chi connectivity index (χ2n) is 4.26. The van der Waals surface area contributed by atoms with Gasteiger partial charge in [-0.2, -0.15) is 0 Å². The molecule has 1 rings (SSSR count). The smallest absolute Gasteiger partial charge is 0.222 e. The third-order valence-electron chi connectivity index (χ3n) is 2.54. The maximum Gasteiger partial charge on any atom is 0.222 e. The van der Waals surface area contributed by atoms with Crippen LogP contribution in [0, 0.1) is 6.92 Å². The molecule has 3 nitrogen and oxygen atoms in total. The quantitative estimate of drug-likeness (QED) is 0.497. The van der Waals surface area contributed by atoms with E-state index in [4.69, 9.17) is 5.73 Å². The second kappa shape index (κ2) is 6.55. The molecule has 0 aliphatic rings. The first-order chi connectivity index (χ1) is 8.00. The van der Waals surface area contributed by atoms with E-state index in [1.807, 2.05) is 19.1 Å². The topological polar surface area (TPSA) is 46.3 Å². The Labute approximate surface area is 107 Å². The van der Waals surface area contributed by atoms with Crippen LogP contribution >= 0.6 is 11.8 Å². The zero-order valence-corrected chi connectivity index (χ0v) is 11.5. The van der Waals surface area contributed by atoms with E-state index < -0.39 is 0 Å². The molecule has 17 heavy (non-hydrogen) atoms. The Hall–Kier alpha value is -1.16. The van der Waals surface area contributed by atoms with Crippen LogP contribution < -0.4 is 5.73 Å². The van der Waals surface area contributed by atoms with E-state index in [1.165, 1.54) is 4.90 Å². The average molecular weight is 252 g/mol. The van der Waals surface area contributed by atoms with Crippen molar-refractivity contribution in [3.05, 3.63) is 23.8 Å². The Bertz CT molecular complexity index is 391. The van der Waals surface area contributed by atoms with Gasteiger partial charge in [-0.05, 0) is 42.9 Å². The van der Waals surface area contributed by atoms with E-state index in [0.717, 1.165) is 23.4 Å². The number of nitrogens with two attached hydrogens (primary N) is 1. The molecule has 1 aromatic carbocycles. The molecular weight excluding hydrogens is 232 g/mol. The van der Waals surface area contributed by atoms with Crippen LogP contribution in [0.3, 0.4) is 0 Å². The normalized spacial score (nSPS) is 10.3. The summed E-state index contributed by atoms with van der Waals surface area (Å²) < 4.78 is 0. The van der Waals surface area contributed by atoms with Crippen molar-refractivity contribution < 1.29 is 4.79 Å². The highest BCUT2D eigenvalue weighted by Crippen LogP contribution is 2.23. The molecule has 2 N–H and O–H groups in total. The molecule has 0 aliphatic heterocycles. The fourth-order valence-corrected chi connectivity index (χ4v) is 2.32. The highest BCUT2D eigenvalue weighted by Gasteiger charge is 2.03. The Balaban J connectivity index is 2.31. The molecule has 0 radical (unpaired) electrons. The summed E-state index contributed by atoms with van der Waals surface area (Å²) in [5.41, 5.74) is 7.70. The molecule has 0 aliphatic carbocycles. The van der Waals surface area contributed by atoms with Gasteiger partial charge >= 0.3 is 0 Å². The van der Waals surface area contributed by atoms with Crippen molar-refractivity contribution in [2.45, 2.75) is 24.7 Å². The predicted octanol–water partition coefficient (Wildman–Crippen LogP) is 2.54. The van der Waals surface area contributed by atoms with Gasteiger partial charge in [0.15, 0.2) is 0 Å². The number of carbonyl (C=O) groups excluding carboxylic acids is 1. The molecule has 0 fully saturated rings. The van der Waals surface area contributed by atoms with Gasteiger partial charge in [-0.15, -0.1) is 11.8 Å². The van der Waals surface area contributed by atoms with Gasteiger partial charge in [-0.1, -0.05) is 0 Å². The summed E-state index contributed by atoms with van der Waals surface area (Å²) in [7, 11) is 3.58. The number of rotatable bonds is 5. The van der Waals surface area contributed by atoms with Crippen LogP contribution in [0.4, 0.5) is 5.69 Å². The van der Waals surface area contributed by atoms with Gasteiger partial charge in [0.25, 0.3) is 0 Å². The van der Waals surface area contributed by atoms with E-state index >= 15 is 0 Å². The molecule has 1 aromatic rings. The van der Waals surface area contributed by atoms with Gasteiger partial charge in [-0.3, -0.25) is 4.79 Å². The highest BCUT2D eigenvalue weighted by atomic mass is 32.2. The summed E-state index contributed by atoms with van der Waals surface area (Å²) in [6.07, 6.45) is 1.53. The average Bonchev–Trinajstić information content (AvgIpc) is 2.28. The lowest BCUT2D eigenvalue weighted by atomic mass is 10.2. The first kappa shape index (κ1) is 13.9. The molecule has 0 spiro atoms. The number of carbonyl (C=O) groups is 1. The molecular formula is C13H20N2OS. The summed E-state index contributed by atoms with van der Waals surface area (Å²) >= 11 is 1.77. The van der Waals surface area contributed by atoms with Crippen LogP contribution in [-0.4, -0.2) is 30.7 Å². The molecule has 4 heteroatoms. The van der Waals surface area contributed by atoms with Crippen molar-refractivity contribution in [2.24, 2.45) is 0 Å². The lowest BCUT2D eigenvalue weighted by Crippen LogP contribution is -2.21. The number of thioether (sulfide) groups is 1. The minimum atomic E-state index is 0.194. The Morgan fingerprint density at radius 3 is 2.71 bits per heavy atom. The SMILES string of the molecule is Cc1cc(SCCCC(=O)N(C)C)ccc1N. The van der Waals surface area contributed by atoms with E-state index in [1.54, 1.807) is 30.8 Å². The first-order valence-corrected chi connectivity index (χ1v) is 6.68. The van der Waals surface area contributed by atoms with Crippen LogP contribution in [-0.2, 0) is 4.79 Å². The van der Waals surface area contributed by atoms with Gasteiger partial charge in [0.2, 0.25) is 5.91 Å². The molecule has 0 atom stereocenters. The van der Waals surface area contributed by atoms with Gasteiger partial charge in [0, 0.05) is 31.1 Å². The van der Waals surface area contributed by atoms with Crippen molar-refractivity contribution >= 4 is 23.4 Å². The third kappa shape index (κ3) is 4.69. The number of nitrogen functional groups attached to an aromatic ring is 1. The molecule has 94 valence electrons. The van der Waals surface area contributed by atoms with Gasteiger partial charge in [0.05, 0.1) is 0 Å². The Morgan fingerprint density at radius 1 is 1.41 bits per heavy atom. The number of nitrogens with zero attached hydrogens (tertiary/aromatic N) is 1. The minimum Gasteiger partial charge on any atom is -0.399 e. The summed E-state index contributed by atoms with van der Waals surface area (Å²) in [6, 6.07) is 6.05. The molecule has 0 saturated carbocycles. The van der Waals surface area contributed by atoms with Crippen molar-refractivity contribution in [3.63, 3.8) is 0 Å². The summed E-state index contributed by atoms with van der Waals surface area (Å²) in [6.45, 7) is 2.01. The Kier molecular flexibility index (Phi) is 5.35. The second-order valence-corrected chi connectivity index (χ2v) is 5.43. The van der Waals surface area contributed by atoms with Crippen molar-refractivity contribution in [1.82, 2.24) is 4.90 Å². The summed E-state index contributed by atoms with van der Waals surface area (Å²) in [4.78, 5) is 14.2. The summed E-state index contributed by atoms with van der Waals surface area (Å²) in [5, 5.41) is 0. The maximum atomic E-state index is 11.4. The van der Waals surface area contributed by atoms with E-state index in [0.29, 0.717) is 6.42 Å². The monoisotopic (exact) mass is 252 g/mol. The Morgan fingerprint density at radius 2 is 2.12 bits per heavy atom. The van der Waals surface area contributed by atoms with Gasteiger partial charge < -0.3 is 10.6 Å². The lowest BCUT2D eigenvalue weighted by Gasteiger charge is -2.09. The number of benzene rings is 1. The zero-order valence-electron chi connectivity index (χ0n) is 10.7. The maximum absolute atomic E-state index is 11.4. The third-order valence-corrected chi connectivity index (χ3v) is 3.62. The fourth-order valence-electron chi connectivity index (χ4n) is 1.37. The highest BCUT2D eigenvalue weighted by molar-refractivity contribution is 7.99. The lowest BCUT2D eigenvalue weighted by molar-refractivity contribution is -0.128. The molecule has 0 saturated heterocycles. The summed E-state index contributed by atoms with van der Waals surface area (Å²) in [5.74, 6) is 1.15.